The number of pyridine rings is 1. The van der Waals surface area contributed by atoms with Gasteiger partial charge in [0.25, 0.3) is 0 Å². The highest BCUT2D eigenvalue weighted by Gasteiger charge is 2.00. The first-order chi connectivity index (χ1) is 6.13. The van der Waals surface area contributed by atoms with E-state index in [1.54, 1.807) is 12.4 Å². The maximum atomic E-state index is 11.0. The molecule has 72 valence electrons. The molecular weight excluding hydrogens is 164 g/mol. The number of hydrogen-bond donors (Lipinski definition) is 1. The van der Waals surface area contributed by atoms with Crippen LogP contribution < -0.4 is 11.2 Å². The molecule has 0 aliphatic heterocycles. The van der Waals surface area contributed by atoms with Gasteiger partial charge < -0.3 is 10.3 Å². The fourth-order valence-corrected chi connectivity index (χ4v) is 1.15. The number of aromatic nitrogens is 1. The Labute approximate surface area is 78.2 Å². The maximum Gasteiger partial charge on any atom is 0.204 e. The van der Waals surface area contributed by atoms with Gasteiger partial charge in [0.1, 0.15) is 0 Å². The number of anilines is 1. The van der Waals surface area contributed by atoms with Crippen LogP contribution >= 0.6 is 0 Å². The molecule has 3 heteroatoms. The molecule has 1 rings (SSSR count). The van der Waals surface area contributed by atoms with Crippen molar-refractivity contribution in [3.63, 3.8) is 0 Å². The van der Waals surface area contributed by atoms with Gasteiger partial charge >= 0.3 is 0 Å². The van der Waals surface area contributed by atoms with Gasteiger partial charge in [0.2, 0.25) is 5.43 Å². The van der Waals surface area contributed by atoms with Crippen LogP contribution in [0, 0.1) is 5.92 Å². The molecule has 0 saturated heterocycles. The Morgan fingerprint density at radius 2 is 2.31 bits per heavy atom. The molecule has 0 amide bonds. The van der Waals surface area contributed by atoms with Crippen molar-refractivity contribution < 1.29 is 0 Å². The molecule has 3 nitrogen and oxygen atoms in total. The van der Waals surface area contributed by atoms with Gasteiger partial charge in [-0.3, -0.25) is 4.79 Å². The second kappa shape index (κ2) is 4.12. The molecule has 1 unspecified atom stereocenters. The summed E-state index contributed by atoms with van der Waals surface area (Å²) in [6.45, 7) is 5.24. The summed E-state index contributed by atoms with van der Waals surface area (Å²) in [5.41, 5.74) is 5.73. The van der Waals surface area contributed by atoms with Gasteiger partial charge in [0.15, 0.2) is 0 Å². The second-order valence-electron chi connectivity index (χ2n) is 3.47. The van der Waals surface area contributed by atoms with Gasteiger partial charge in [-0.2, -0.15) is 0 Å². The highest BCUT2D eigenvalue weighted by molar-refractivity contribution is 5.33. The molecule has 13 heavy (non-hydrogen) atoms. The van der Waals surface area contributed by atoms with E-state index in [0.717, 1.165) is 13.0 Å². The zero-order valence-corrected chi connectivity index (χ0v) is 8.16. The quantitative estimate of drug-likeness (QED) is 0.765. The molecule has 1 aromatic rings. The Morgan fingerprint density at radius 3 is 2.85 bits per heavy atom. The highest BCUT2D eigenvalue weighted by atomic mass is 16.1. The lowest BCUT2D eigenvalue weighted by Gasteiger charge is -2.11. The van der Waals surface area contributed by atoms with E-state index in [2.05, 4.69) is 13.8 Å². The van der Waals surface area contributed by atoms with Crippen LogP contribution in [0.15, 0.2) is 23.3 Å². The first kappa shape index (κ1) is 9.84. The predicted octanol–water partition coefficient (Wildman–Crippen LogP) is 1.48. The molecule has 0 bridgehead atoms. The summed E-state index contributed by atoms with van der Waals surface area (Å²) in [7, 11) is 0. The maximum absolute atomic E-state index is 11.0. The van der Waals surface area contributed by atoms with Crippen LogP contribution in [0.5, 0.6) is 0 Å². The largest absolute Gasteiger partial charge is 0.394 e. The number of hydrogen-bond acceptors (Lipinski definition) is 2. The smallest absolute Gasteiger partial charge is 0.204 e. The predicted molar refractivity (Wildman–Crippen MR) is 54.6 cm³/mol. The standard InChI is InChI=1S/C10H16N2O/c1-3-8(2)6-12-5-4-10(13)9(11)7-12/h4-5,7-8H,3,6,11H2,1-2H3. The van der Waals surface area contributed by atoms with E-state index in [0.29, 0.717) is 11.6 Å². The normalized spacial score (nSPS) is 12.8. The van der Waals surface area contributed by atoms with Crippen LogP contribution in [-0.2, 0) is 6.54 Å². The van der Waals surface area contributed by atoms with Crippen molar-refractivity contribution in [2.75, 3.05) is 5.73 Å². The molecule has 0 radical (unpaired) electrons. The summed E-state index contributed by atoms with van der Waals surface area (Å²) >= 11 is 0. The summed E-state index contributed by atoms with van der Waals surface area (Å²) in [6, 6.07) is 1.51. The van der Waals surface area contributed by atoms with Crippen molar-refractivity contribution in [1.29, 1.82) is 0 Å². The highest BCUT2D eigenvalue weighted by Crippen LogP contribution is 2.05. The van der Waals surface area contributed by atoms with Gasteiger partial charge in [-0.25, -0.2) is 0 Å². The second-order valence-corrected chi connectivity index (χ2v) is 3.47. The van der Waals surface area contributed by atoms with Crippen molar-refractivity contribution in [3.05, 3.63) is 28.7 Å². The molecule has 1 atom stereocenters. The van der Waals surface area contributed by atoms with Gasteiger partial charge in [0.05, 0.1) is 5.69 Å². The average Bonchev–Trinajstić information content (AvgIpc) is 2.11. The summed E-state index contributed by atoms with van der Waals surface area (Å²) in [5.74, 6) is 0.613. The molecule has 1 aromatic heterocycles. The van der Waals surface area contributed by atoms with Crippen molar-refractivity contribution in [2.45, 2.75) is 26.8 Å². The summed E-state index contributed by atoms with van der Waals surface area (Å²) in [4.78, 5) is 11.0. The molecule has 0 saturated carbocycles. The molecule has 0 spiro atoms. The SMILES string of the molecule is CCC(C)Cn1ccc(=O)c(N)c1. The third kappa shape index (κ3) is 2.61. The first-order valence-electron chi connectivity index (χ1n) is 4.59. The van der Waals surface area contributed by atoms with Gasteiger partial charge in [-0.1, -0.05) is 20.3 Å². The van der Waals surface area contributed by atoms with E-state index in [-0.39, 0.29) is 5.43 Å². The first-order valence-corrected chi connectivity index (χ1v) is 4.59. The van der Waals surface area contributed by atoms with Crippen LogP contribution in [-0.4, -0.2) is 4.57 Å². The molecule has 0 aromatic carbocycles. The minimum atomic E-state index is -0.0969. The zero-order chi connectivity index (χ0) is 9.84. The number of rotatable bonds is 3. The van der Waals surface area contributed by atoms with Crippen LogP contribution in [0.3, 0.4) is 0 Å². The zero-order valence-electron chi connectivity index (χ0n) is 8.16. The molecule has 2 N–H and O–H groups in total. The van der Waals surface area contributed by atoms with Crippen LogP contribution in [0.1, 0.15) is 20.3 Å². The van der Waals surface area contributed by atoms with E-state index in [1.165, 1.54) is 6.07 Å². The number of nitrogen functional groups attached to an aromatic ring is 1. The van der Waals surface area contributed by atoms with E-state index in [1.807, 2.05) is 4.57 Å². The minimum Gasteiger partial charge on any atom is -0.394 e. The lowest BCUT2D eigenvalue weighted by molar-refractivity contribution is 0.467. The summed E-state index contributed by atoms with van der Waals surface area (Å²) < 4.78 is 1.96. The average molecular weight is 180 g/mol. The Morgan fingerprint density at radius 1 is 1.62 bits per heavy atom. The van der Waals surface area contributed by atoms with Crippen LogP contribution in [0.4, 0.5) is 5.69 Å². The van der Waals surface area contributed by atoms with Gasteiger partial charge in [-0.05, 0) is 5.92 Å². The van der Waals surface area contributed by atoms with Crippen LogP contribution in [0.25, 0.3) is 0 Å². The lowest BCUT2D eigenvalue weighted by Crippen LogP contribution is -2.13. The van der Waals surface area contributed by atoms with E-state index in [9.17, 15) is 4.79 Å². The monoisotopic (exact) mass is 180 g/mol. The number of nitrogens with zero attached hydrogens (tertiary/aromatic N) is 1. The molecular formula is C10H16N2O. The third-order valence-corrected chi connectivity index (χ3v) is 2.23. The Balaban J connectivity index is 2.79. The molecule has 1 heterocycles. The van der Waals surface area contributed by atoms with Gasteiger partial charge in [-0.15, -0.1) is 0 Å². The van der Waals surface area contributed by atoms with Crippen molar-refractivity contribution in [3.8, 4) is 0 Å². The van der Waals surface area contributed by atoms with E-state index < -0.39 is 0 Å². The van der Waals surface area contributed by atoms with Crippen molar-refractivity contribution in [2.24, 2.45) is 5.92 Å². The Hall–Kier alpha value is -1.25. The fraction of sp³-hybridized carbons (Fsp3) is 0.500. The third-order valence-electron chi connectivity index (χ3n) is 2.23. The van der Waals surface area contributed by atoms with Crippen molar-refractivity contribution in [1.82, 2.24) is 4.57 Å². The fourth-order valence-electron chi connectivity index (χ4n) is 1.15. The summed E-state index contributed by atoms with van der Waals surface area (Å²) in [6.07, 6.45) is 4.62. The topological polar surface area (TPSA) is 48.0 Å². The lowest BCUT2D eigenvalue weighted by atomic mass is 10.1. The molecule has 0 aliphatic rings. The number of nitrogens with two attached hydrogens (primary N) is 1. The Kier molecular flexibility index (Phi) is 3.12. The van der Waals surface area contributed by atoms with Crippen LogP contribution in [0.2, 0.25) is 0 Å². The van der Waals surface area contributed by atoms with Crippen molar-refractivity contribution >= 4 is 5.69 Å². The minimum absolute atomic E-state index is 0.0969. The Bertz CT molecular complexity index is 330. The van der Waals surface area contributed by atoms with E-state index in [4.69, 9.17) is 5.73 Å². The van der Waals surface area contributed by atoms with Gasteiger partial charge in [0, 0.05) is 25.0 Å². The molecule has 0 fully saturated rings. The molecule has 0 aliphatic carbocycles. The summed E-state index contributed by atoms with van der Waals surface area (Å²) in [5, 5.41) is 0. The van der Waals surface area contributed by atoms with E-state index >= 15 is 0 Å².